The molecule has 0 spiro atoms. The Morgan fingerprint density at radius 3 is 2.61 bits per heavy atom. The first kappa shape index (κ1) is 15.6. The molecule has 1 aliphatic rings. The lowest BCUT2D eigenvalue weighted by Gasteiger charge is -2.21. The highest BCUT2D eigenvalue weighted by Gasteiger charge is 2.53. The molecule has 0 radical (unpaired) electrons. The third-order valence-corrected chi connectivity index (χ3v) is 4.24. The Morgan fingerprint density at radius 1 is 1.30 bits per heavy atom. The summed E-state index contributed by atoms with van der Waals surface area (Å²) in [6.45, 7) is 1.20. The van der Waals surface area contributed by atoms with Crippen LogP contribution in [0.1, 0.15) is 5.56 Å². The lowest BCUT2D eigenvalue weighted by atomic mass is 9.96. The molecule has 7 heteroatoms. The van der Waals surface area contributed by atoms with E-state index in [0.29, 0.717) is 11.3 Å². The average molecular weight is 324 g/mol. The fourth-order valence-corrected chi connectivity index (χ4v) is 3.09. The number of carboxylic acid groups (broad SMARTS) is 1. The quantitative estimate of drug-likeness (QED) is 0.921. The summed E-state index contributed by atoms with van der Waals surface area (Å²) < 4.78 is 39.3. The van der Waals surface area contributed by atoms with E-state index in [1.54, 1.807) is 19.1 Å². The highest BCUT2D eigenvalue weighted by atomic mass is 19.4. The second-order valence-corrected chi connectivity index (χ2v) is 5.82. The van der Waals surface area contributed by atoms with Gasteiger partial charge in [-0.15, -0.1) is 0 Å². The predicted molar refractivity (Wildman–Crippen MR) is 79.4 cm³/mol. The number of alkyl halides is 3. The van der Waals surface area contributed by atoms with Crippen molar-refractivity contribution < 1.29 is 23.1 Å². The fourth-order valence-electron chi connectivity index (χ4n) is 3.09. The Hall–Kier alpha value is -2.31. The number of hydrogen-bond donors (Lipinski definition) is 1. The van der Waals surface area contributed by atoms with Crippen molar-refractivity contribution in [3.63, 3.8) is 0 Å². The first-order valence-electron chi connectivity index (χ1n) is 7.18. The zero-order chi connectivity index (χ0) is 16.8. The summed E-state index contributed by atoms with van der Waals surface area (Å²) in [6.07, 6.45) is -4.54. The minimum absolute atomic E-state index is 0.189. The van der Waals surface area contributed by atoms with Gasteiger partial charge in [0, 0.05) is 18.5 Å². The van der Waals surface area contributed by atoms with E-state index in [-0.39, 0.29) is 13.1 Å². The Kier molecular flexibility index (Phi) is 3.66. The van der Waals surface area contributed by atoms with E-state index < -0.39 is 24.0 Å². The van der Waals surface area contributed by atoms with Gasteiger partial charge in [0.25, 0.3) is 0 Å². The number of aliphatic carboxylic acids is 1. The molecular formula is C16H15F3N2O2. The van der Waals surface area contributed by atoms with Crippen molar-refractivity contribution in [3.05, 3.63) is 35.9 Å². The minimum atomic E-state index is -4.54. The molecule has 0 saturated carbocycles. The van der Waals surface area contributed by atoms with Gasteiger partial charge in [0.15, 0.2) is 0 Å². The maximum atomic E-state index is 13.1. The minimum Gasteiger partial charge on any atom is -0.481 e. The molecule has 1 aromatic heterocycles. The van der Waals surface area contributed by atoms with E-state index in [2.05, 4.69) is 4.98 Å². The first-order chi connectivity index (χ1) is 10.8. The summed E-state index contributed by atoms with van der Waals surface area (Å²) in [5.41, 5.74) is 1.41. The Morgan fingerprint density at radius 2 is 2.00 bits per heavy atom. The number of hydrogen-bond acceptors (Lipinski definition) is 3. The largest absolute Gasteiger partial charge is 0.481 e. The maximum Gasteiger partial charge on any atom is 0.394 e. The van der Waals surface area contributed by atoms with E-state index >= 15 is 0 Å². The van der Waals surface area contributed by atoms with Gasteiger partial charge in [0.1, 0.15) is 5.82 Å². The lowest BCUT2D eigenvalue weighted by Crippen LogP contribution is -2.33. The number of aryl methyl sites for hydroxylation is 1. The molecule has 0 amide bonds. The van der Waals surface area contributed by atoms with Crippen LogP contribution in [0, 0.1) is 18.8 Å². The van der Waals surface area contributed by atoms with Gasteiger partial charge in [-0.2, -0.15) is 13.2 Å². The normalized spacial score (nSPS) is 21.8. The molecule has 0 unspecified atom stereocenters. The van der Waals surface area contributed by atoms with Crippen LogP contribution >= 0.6 is 0 Å². The summed E-state index contributed by atoms with van der Waals surface area (Å²) in [5, 5.41) is 10.0. The van der Waals surface area contributed by atoms with Crippen LogP contribution in [0.2, 0.25) is 0 Å². The number of anilines is 1. The first-order valence-corrected chi connectivity index (χ1v) is 7.18. The summed E-state index contributed by atoms with van der Waals surface area (Å²) in [4.78, 5) is 17.0. The van der Waals surface area contributed by atoms with Crippen LogP contribution in [0.4, 0.5) is 19.0 Å². The molecule has 1 fully saturated rings. The molecule has 1 N–H and O–H groups in total. The molecule has 122 valence electrons. The van der Waals surface area contributed by atoms with Gasteiger partial charge in [0.05, 0.1) is 17.4 Å². The van der Waals surface area contributed by atoms with Crippen molar-refractivity contribution in [2.24, 2.45) is 11.8 Å². The number of halogens is 3. The van der Waals surface area contributed by atoms with Gasteiger partial charge in [0.2, 0.25) is 0 Å². The molecule has 0 aliphatic carbocycles. The number of para-hydroxylation sites is 1. The van der Waals surface area contributed by atoms with Crippen molar-refractivity contribution in [3.8, 4) is 0 Å². The number of pyridine rings is 1. The van der Waals surface area contributed by atoms with Crippen LogP contribution in [0.25, 0.3) is 10.9 Å². The topological polar surface area (TPSA) is 53.4 Å². The van der Waals surface area contributed by atoms with E-state index in [1.807, 2.05) is 18.2 Å². The molecular weight excluding hydrogens is 309 g/mol. The number of benzene rings is 1. The third kappa shape index (κ3) is 2.83. The average Bonchev–Trinajstić information content (AvgIpc) is 2.92. The number of carboxylic acids is 1. The molecule has 0 bridgehead atoms. The second-order valence-electron chi connectivity index (χ2n) is 5.82. The fraction of sp³-hybridized carbons (Fsp3) is 0.375. The highest BCUT2D eigenvalue weighted by Crippen LogP contribution is 2.40. The molecule has 2 aromatic rings. The summed E-state index contributed by atoms with van der Waals surface area (Å²) in [6, 6.07) is 9.18. The van der Waals surface area contributed by atoms with Crippen molar-refractivity contribution in [2.75, 3.05) is 18.0 Å². The van der Waals surface area contributed by atoms with Gasteiger partial charge < -0.3 is 10.0 Å². The van der Waals surface area contributed by atoms with Gasteiger partial charge in [-0.1, -0.05) is 18.2 Å². The smallest absolute Gasteiger partial charge is 0.394 e. The van der Waals surface area contributed by atoms with Gasteiger partial charge in [-0.3, -0.25) is 4.79 Å². The Balaban J connectivity index is 1.99. The van der Waals surface area contributed by atoms with Crippen LogP contribution in [0.5, 0.6) is 0 Å². The van der Waals surface area contributed by atoms with E-state index in [4.69, 9.17) is 5.11 Å². The number of rotatable bonds is 2. The molecule has 1 aromatic carbocycles. The zero-order valence-corrected chi connectivity index (χ0v) is 12.3. The van der Waals surface area contributed by atoms with Crippen molar-refractivity contribution in [1.82, 2.24) is 4.98 Å². The number of nitrogens with zero attached hydrogens (tertiary/aromatic N) is 2. The molecule has 2 atom stereocenters. The molecule has 1 saturated heterocycles. The van der Waals surface area contributed by atoms with Crippen LogP contribution in [0.3, 0.4) is 0 Å². The molecule has 3 rings (SSSR count). The van der Waals surface area contributed by atoms with E-state index in [1.165, 1.54) is 4.90 Å². The molecule has 4 nitrogen and oxygen atoms in total. The molecule has 1 aliphatic heterocycles. The monoisotopic (exact) mass is 324 g/mol. The summed E-state index contributed by atoms with van der Waals surface area (Å²) in [5.74, 6) is -4.36. The van der Waals surface area contributed by atoms with Crippen LogP contribution in [-0.4, -0.2) is 35.3 Å². The number of aromatic nitrogens is 1. The van der Waals surface area contributed by atoms with Crippen LogP contribution in [-0.2, 0) is 4.79 Å². The summed E-state index contributed by atoms with van der Waals surface area (Å²) >= 11 is 0. The standard InChI is InChI=1S/C16H15F3N2O2/c1-9-6-10-4-2-3-5-13(10)20-14(9)21-7-11(15(22)23)12(8-21)16(17,18)19/h2-6,11-12H,7-8H2,1H3,(H,22,23)/t11-,12-/m1/s1. The van der Waals surface area contributed by atoms with Crippen LogP contribution in [0.15, 0.2) is 30.3 Å². The number of carbonyl (C=O) groups is 1. The third-order valence-electron chi connectivity index (χ3n) is 4.24. The Labute approximate surface area is 130 Å². The predicted octanol–water partition coefficient (Wildman–Crippen LogP) is 3.24. The Bertz CT molecular complexity index is 761. The van der Waals surface area contributed by atoms with E-state index in [9.17, 15) is 18.0 Å². The van der Waals surface area contributed by atoms with E-state index in [0.717, 1.165) is 10.9 Å². The van der Waals surface area contributed by atoms with Crippen molar-refractivity contribution >= 4 is 22.7 Å². The van der Waals surface area contributed by atoms with Gasteiger partial charge in [-0.25, -0.2) is 4.98 Å². The highest BCUT2D eigenvalue weighted by molar-refractivity contribution is 5.82. The molecule has 2 heterocycles. The number of fused-ring (bicyclic) bond motifs is 1. The summed E-state index contributed by atoms with van der Waals surface area (Å²) in [7, 11) is 0. The SMILES string of the molecule is Cc1cc2ccccc2nc1N1C[C@@H](C(F)(F)F)[C@H](C(=O)O)C1. The lowest BCUT2D eigenvalue weighted by molar-refractivity contribution is -0.187. The van der Waals surface area contributed by atoms with Crippen LogP contribution < -0.4 is 4.90 Å². The molecule has 23 heavy (non-hydrogen) atoms. The second kappa shape index (κ2) is 5.40. The van der Waals surface area contributed by atoms with Crippen molar-refractivity contribution in [2.45, 2.75) is 13.1 Å². The van der Waals surface area contributed by atoms with Gasteiger partial charge >= 0.3 is 12.1 Å². The maximum absolute atomic E-state index is 13.1. The van der Waals surface area contributed by atoms with Crippen molar-refractivity contribution in [1.29, 1.82) is 0 Å². The zero-order valence-electron chi connectivity index (χ0n) is 12.3. The van der Waals surface area contributed by atoms with Gasteiger partial charge in [-0.05, 0) is 24.6 Å².